The minimum Gasteiger partial charge on any atom is -0.480 e. The summed E-state index contributed by atoms with van der Waals surface area (Å²) < 4.78 is 0. The van der Waals surface area contributed by atoms with Crippen molar-refractivity contribution in [2.24, 2.45) is 0 Å². The second-order valence-electron chi connectivity index (χ2n) is 4.64. The summed E-state index contributed by atoms with van der Waals surface area (Å²) in [5.41, 5.74) is 0. The molecule has 0 aromatic heterocycles. The fraction of sp³-hybridized carbons (Fsp3) is 0.846. The van der Waals surface area contributed by atoms with E-state index in [1.165, 1.54) is 4.90 Å². The highest BCUT2D eigenvalue weighted by Gasteiger charge is 2.27. The number of hydrogen-bond donors (Lipinski definition) is 1. The molecule has 0 aliphatic rings. The first kappa shape index (κ1) is 16.7. The van der Waals surface area contributed by atoms with E-state index >= 15 is 0 Å². The molecule has 0 saturated heterocycles. The Morgan fingerprint density at radius 3 is 1.94 bits per heavy atom. The first-order valence-corrected chi connectivity index (χ1v) is 6.64. The number of rotatable bonds is 7. The molecule has 0 aliphatic carbocycles. The molecule has 106 valence electrons. The van der Waals surface area contributed by atoms with Crippen molar-refractivity contribution in [1.82, 2.24) is 9.80 Å². The zero-order valence-corrected chi connectivity index (χ0v) is 12.1. The van der Waals surface area contributed by atoms with Gasteiger partial charge in [-0.3, -0.25) is 4.79 Å². The molecule has 1 unspecified atom stereocenters. The molecule has 0 bridgehead atoms. The van der Waals surface area contributed by atoms with Crippen molar-refractivity contribution in [3.8, 4) is 0 Å². The molecule has 5 nitrogen and oxygen atoms in total. The minimum absolute atomic E-state index is 0.0644. The third-order valence-electron chi connectivity index (χ3n) is 3.47. The lowest BCUT2D eigenvalue weighted by Gasteiger charge is -2.35. The van der Waals surface area contributed by atoms with E-state index in [0.717, 1.165) is 19.3 Å². The number of carboxylic acids is 1. The maximum Gasteiger partial charge on any atom is 0.323 e. The lowest BCUT2D eigenvalue weighted by Crippen LogP contribution is -2.50. The molecule has 0 aromatic rings. The van der Waals surface area contributed by atoms with Gasteiger partial charge in [-0.25, -0.2) is 4.79 Å². The van der Waals surface area contributed by atoms with Gasteiger partial charge in [-0.05, 0) is 26.2 Å². The lowest BCUT2D eigenvalue weighted by molar-refractivity contribution is -0.138. The average molecular weight is 258 g/mol. The van der Waals surface area contributed by atoms with Gasteiger partial charge >= 0.3 is 12.0 Å². The maximum atomic E-state index is 12.3. The van der Waals surface area contributed by atoms with Gasteiger partial charge in [-0.15, -0.1) is 0 Å². The molecule has 0 aromatic carbocycles. The monoisotopic (exact) mass is 258 g/mol. The quantitative estimate of drug-likeness (QED) is 0.762. The number of nitrogens with zero attached hydrogens (tertiary/aromatic N) is 2. The van der Waals surface area contributed by atoms with Crippen LogP contribution < -0.4 is 0 Å². The van der Waals surface area contributed by atoms with E-state index in [0.29, 0.717) is 0 Å². The Morgan fingerprint density at radius 2 is 1.61 bits per heavy atom. The van der Waals surface area contributed by atoms with Gasteiger partial charge in [0.05, 0.1) is 0 Å². The average Bonchev–Trinajstić information content (AvgIpc) is 2.35. The number of carbonyl (C=O) groups excluding carboxylic acids is 1. The van der Waals surface area contributed by atoms with Crippen LogP contribution >= 0.6 is 0 Å². The van der Waals surface area contributed by atoms with E-state index < -0.39 is 5.97 Å². The van der Waals surface area contributed by atoms with Gasteiger partial charge < -0.3 is 14.9 Å². The van der Waals surface area contributed by atoms with Crippen LogP contribution in [0.1, 0.15) is 47.0 Å². The van der Waals surface area contributed by atoms with E-state index in [1.807, 2.05) is 27.7 Å². The van der Waals surface area contributed by atoms with Gasteiger partial charge in [0.25, 0.3) is 0 Å². The van der Waals surface area contributed by atoms with Crippen molar-refractivity contribution in [2.75, 3.05) is 13.6 Å². The number of carbonyl (C=O) groups is 2. The maximum absolute atomic E-state index is 12.3. The molecule has 0 heterocycles. The van der Waals surface area contributed by atoms with Gasteiger partial charge in [-0.1, -0.05) is 20.8 Å². The molecule has 0 rings (SSSR count). The number of aliphatic carboxylic acids is 1. The summed E-state index contributed by atoms with van der Waals surface area (Å²) in [6.45, 7) is 7.65. The summed E-state index contributed by atoms with van der Waals surface area (Å²) in [6, 6.07) is -0.0938. The number of hydrogen-bond acceptors (Lipinski definition) is 2. The Morgan fingerprint density at radius 1 is 1.11 bits per heavy atom. The Kier molecular flexibility index (Phi) is 7.39. The van der Waals surface area contributed by atoms with Crippen LogP contribution in [0.4, 0.5) is 4.79 Å². The summed E-state index contributed by atoms with van der Waals surface area (Å²) in [6.07, 6.45) is 2.50. The summed E-state index contributed by atoms with van der Waals surface area (Å²) in [4.78, 5) is 26.3. The SMILES string of the molecule is CCC(CC)N(C)C(=O)N(CC(=O)O)C(C)CC. The molecule has 18 heavy (non-hydrogen) atoms. The number of amides is 2. The molecular formula is C13H26N2O3. The predicted molar refractivity (Wildman–Crippen MR) is 71.6 cm³/mol. The van der Waals surface area contributed by atoms with E-state index in [2.05, 4.69) is 0 Å². The normalized spacial score (nSPS) is 12.3. The zero-order chi connectivity index (χ0) is 14.3. The summed E-state index contributed by atoms with van der Waals surface area (Å²) >= 11 is 0. The first-order chi connectivity index (χ1) is 8.38. The van der Waals surface area contributed by atoms with Gasteiger partial charge in [0.15, 0.2) is 0 Å². The van der Waals surface area contributed by atoms with E-state index in [1.54, 1.807) is 11.9 Å². The molecule has 1 N–H and O–H groups in total. The molecule has 0 radical (unpaired) electrons. The van der Waals surface area contributed by atoms with Crippen molar-refractivity contribution in [2.45, 2.75) is 59.0 Å². The number of carboxylic acid groups (broad SMARTS) is 1. The Bertz CT molecular complexity index is 277. The van der Waals surface area contributed by atoms with Crippen LogP contribution in [0.5, 0.6) is 0 Å². The summed E-state index contributed by atoms with van der Waals surface area (Å²) in [5.74, 6) is -0.971. The lowest BCUT2D eigenvalue weighted by atomic mass is 10.1. The van der Waals surface area contributed by atoms with E-state index in [4.69, 9.17) is 5.11 Å². The molecule has 0 fully saturated rings. The van der Waals surface area contributed by atoms with Crippen molar-refractivity contribution >= 4 is 12.0 Å². The summed E-state index contributed by atoms with van der Waals surface area (Å²) in [5, 5.41) is 8.90. The predicted octanol–water partition coefficient (Wildman–Crippen LogP) is 2.41. The molecule has 2 amide bonds. The van der Waals surface area contributed by atoms with E-state index in [-0.39, 0.29) is 24.7 Å². The van der Waals surface area contributed by atoms with Crippen LogP contribution in [0, 0.1) is 0 Å². The van der Waals surface area contributed by atoms with Crippen LogP contribution in [0.25, 0.3) is 0 Å². The molecule has 0 aliphatic heterocycles. The highest BCUT2D eigenvalue weighted by Crippen LogP contribution is 2.12. The van der Waals surface area contributed by atoms with Gasteiger partial charge in [-0.2, -0.15) is 0 Å². The Balaban J connectivity index is 4.88. The van der Waals surface area contributed by atoms with Crippen LogP contribution in [-0.2, 0) is 4.79 Å². The highest BCUT2D eigenvalue weighted by atomic mass is 16.4. The molecule has 1 atom stereocenters. The van der Waals surface area contributed by atoms with Gasteiger partial charge in [0, 0.05) is 19.1 Å². The first-order valence-electron chi connectivity index (χ1n) is 6.64. The van der Waals surface area contributed by atoms with E-state index in [9.17, 15) is 9.59 Å². The Hall–Kier alpha value is -1.26. The highest BCUT2D eigenvalue weighted by molar-refractivity contribution is 5.80. The number of urea groups is 1. The Labute approximate surface area is 110 Å². The fourth-order valence-corrected chi connectivity index (χ4v) is 1.97. The van der Waals surface area contributed by atoms with Crippen LogP contribution in [0.2, 0.25) is 0 Å². The van der Waals surface area contributed by atoms with Crippen LogP contribution in [0.3, 0.4) is 0 Å². The van der Waals surface area contributed by atoms with Crippen LogP contribution in [0.15, 0.2) is 0 Å². The zero-order valence-electron chi connectivity index (χ0n) is 12.1. The van der Waals surface area contributed by atoms with Crippen molar-refractivity contribution in [3.05, 3.63) is 0 Å². The largest absolute Gasteiger partial charge is 0.480 e. The minimum atomic E-state index is -0.971. The van der Waals surface area contributed by atoms with Gasteiger partial charge in [0.2, 0.25) is 0 Å². The summed E-state index contributed by atoms with van der Waals surface area (Å²) in [7, 11) is 1.75. The van der Waals surface area contributed by atoms with Crippen LogP contribution in [-0.4, -0.2) is 52.6 Å². The standard InChI is InChI=1S/C13H26N2O3/c1-6-10(4)15(9-12(16)17)13(18)14(5)11(7-2)8-3/h10-11H,6-9H2,1-5H3,(H,16,17). The molecule has 0 saturated carbocycles. The molecular weight excluding hydrogens is 232 g/mol. The fourth-order valence-electron chi connectivity index (χ4n) is 1.97. The van der Waals surface area contributed by atoms with Crippen molar-refractivity contribution < 1.29 is 14.7 Å². The molecule has 0 spiro atoms. The second kappa shape index (κ2) is 7.95. The third-order valence-corrected chi connectivity index (χ3v) is 3.47. The third kappa shape index (κ3) is 4.55. The van der Waals surface area contributed by atoms with Crippen molar-refractivity contribution in [3.63, 3.8) is 0 Å². The van der Waals surface area contributed by atoms with Crippen molar-refractivity contribution in [1.29, 1.82) is 0 Å². The molecule has 5 heteroatoms. The van der Waals surface area contributed by atoms with Gasteiger partial charge in [0.1, 0.15) is 6.54 Å². The topological polar surface area (TPSA) is 60.9 Å². The second-order valence-corrected chi connectivity index (χ2v) is 4.64. The smallest absolute Gasteiger partial charge is 0.323 e.